The van der Waals surface area contributed by atoms with Crippen LogP contribution in [0.3, 0.4) is 0 Å². The first kappa shape index (κ1) is 14.6. The predicted molar refractivity (Wildman–Crippen MR) is 81.2 cm³/mol. The van der Waals surface area contributed by atoms with Crippen molar-refractivity contribution in [2.45, 2.75) is 39.2 Å². The van der Waals surface area contributed by atoms with Crippen LogP contribution in [0.4, 0.5) is 11.6 Å². The van der Waals surface area contributed by atoms with Crippen molar-refractivity contribution in [1.29, 1.82) is 0 Å². The lowest BCUT2D eigenvalue weighted by Crippen LogP contribution is -2.20. The molecule has 20 heavy (non-hydrogen) atoms. The lowest BCUT2D eigenvalue weighted by Gasteiger charge is -2.13. The first-order chi connectivity index (χ1) is 9.74. The lowest BCUT2D eigenvalue weighted by atomic mass is 10.2. The third-order valence-electron chi connectivity index (χ3n) is 3.06. The lowest BCUT2D eigenvalue weighted by molar-refractivity contribution is 0.176. The third-order valence-corrected chi connectivity index (χ3v) is 3.06. The second-order valence-corrected chi connectivity index (χ2v) is 4.88. The molecule has 0 aliphatic rings. The van der Waals surface area contributed by atoms with E-state index in [0.29, 0.717) is 12.4 Å². The zero-order valence-corrected chi connectivity index (χ0v) is 12.1. The summed E-state index contributed by atoms with van der Waals surface area (Å²) >= 11 is 0. The van der Waals surface area contributed by atoms with E-state index in [1.807, 2.05) is 16.8 Å². The Morgan fingerprint density at radius 1 is 1.30 bits per heavy atom. The van der Waals surface area contributed by atoms with E-state index >= 15 is 0 Å². The molecule has 0 saturated carbocycles. The summed E-state index contributed by atoms with van der Waals surface area (Å²) in [5, 5.41) is 16.3. The molecule has 0 aromatic carbocycles. The van der Waals surface area contributed by atoms with Crippen molar-refractivity contribution in [2.75, 3.05) is 23.7 Å². The molecule has 0 spiro atoms. The van der Waals surface area contributed by atoms with Gasteiger partial charge in [0.1, 0.15) is 5.82 Å². The number of aliphatic hydroxyl groups is 1. The smallest absolute Gasteiger partial charge is 0.180 e. The maximum Gasteiger partial charge on any atom is 0.180 e. The Morgan fingerprint density at radius 2 is 2.15 bits per heavy atom. The van der Waals surface area contributed by atoms with Gasteiger partial charge in [0, 0.05) is 25.5 Å². The molecule has 0 fully saturated rings. The summed E-state index contributed by atoms with van der Waals surface area (Å²) in [5.74, 6) is 1.51. The van der Waals surface area contributed by atoms with E-state index in [-0.39, 0.29) is 6.10 Å². The van der Waals surface area contributed by atoms with Gasteiger partial charge in [0.15, 0.2) is 11.5 Å². The van der Waals surface area contributed by atoms with Gasteiger partial charge in [-0.2, -0.15) is 0 Å². The van der Waals surface area contributed by atoms with Gasteiger partial charge >= 0.3 is 0 Å². The van der Waals surface area contributed by atoms with Crippen LogP contribution in [0.25, 0.3) is 5.65 Å². The molecule has 0 aliphatic heterocycles. The summed E-state index contributed by atoms with van der Waals surface area (Å²) in [4.78, 5) is 8.82. The van der Waals surface area contributed by atoms with Gasteiger partial charge in [-0.1, -0.05) is 20.3 Å². The predicted octanol–water partition coefficient (Wildman–Crippen LogP) is 2.12. The van der Waals surface area contributed by atoms with Gasteiger partial charge in [0.25, 0.3) is 0 Å². The number of hydrogen-bond donors (Lipinski definition) is 3. The highest BCUT2D eigenvalue weighted by Crippen LogP contribution is 2.16. The average molecular weight is 277 g/mol. The van der Waals surface area contributed by atoms with Crippen LogP contribution >= 0.6 is 0 Å². The van der Waals surface area contributed by atoms with Crippen LogP contribution in [0.1, 0.15) is 33.1 Å². The number of fused-ring (bicyclic) bond motifs is 1. The SMILES string of the molecule is CCCNc1cn2ccnc2c(NCC(O)CCC)n1. The number of nitrogens with zero attached hydrogens (tertiary/aromatic N) is 3. The van der Waals surface area contributed by atoms with Crippen molar-refractivity contribution < 1.29 is 5.11 Å². The van der Waals surface area contributed by atoms with Crippen LogP contribution in [0.5, 0.6) is 0 Å². The molecular formula is C14H23N5O. The standard InChI is InChI=1S/C14H23N5O/c1-3-5-11(20)9-17-13-14-16-7-8-19(14)10-12(18-13)15-6-4-2/h7-8,10-11,15,20H,3-6,9H2,1-2H3,(H,17,18). The van der Waals surface area contributed by atoms with Crippen LogP contribution in [0, 0.1) is 0 Å². The number of nitrogens with one attached hydrogen (secondary N) is 2. The number of hydrogen-bond acceptors (Lipinski definition) is 5. The minimum absolute atomic E-state index is 0.357. The molecule has 0 radical (unpaired) electrons. The monoisotopic (exact) mass is 277 g/mol. The molecule has 1 atom stereocenters. The molecule has 2 rings (SSSR count). The molecule has 6 heteroatoms. The second-order valence-electron chi connectivity index (χ2n) is 4.88. The number of anilines is 2. The van der Waals surface area contributed by atoms with Gasteiger partial charge in [0.05, 0.1) is 12.3 Å². The Balaban J connectivity index is 2.14. The van der Waals surface area contributed by atoms with E-state index in [1.54, 1.807) is 6.20 Å². The summed E-state index contributed by atoms with van der Waals surface area (Å²) in [6.45, 7) is 5.54. The molecule has 2 aromatic rings. The molecule has 3 N–H and O–H groups in total. The normalized spacial score (nSPS) is 12.6. The zero-order valence-electron chi connectivity index (χ0n) is 12.1. The van der Waals surface area contributed by atoms with Crippen LogP contribution in [0.2, 0.25) is 0 Å². The highest BCUT2D eigenvalue weighted by molar-refractivity contribution is 5.65. The van der Waals surface area contributed by atoms with Gasteiger partial charge in [-0.3, -0.25) is 0 Å². The average Bonchev–Trinajstić information content (AvgIpc) is 2.91. The minimum Gasteiger partial charge on any atom is -0.391 e. The van der Waals surface area contributed by atoms with Gasteiger partial charge in [-0.05, 0) is 12.8 Å². The highest BCUT2D eigenvalue weighted by atomic mass is 16.3. The maximum atomic E-state index is 9.81. The van der Waals surface area contributed by atoms with E-state index in [1.165, 1.54) is 0 Å². The Kier molecular flexibility index (Phi) is 5.17. The number of aromatic nitrogens is 3. The Hall–Kier alpha value is -1.82. The fraction of sp³-hybridized carbons (Fsp3) is 0.571. The summed E-state index contributed by atoms with van der Waals surface area (Å²) in [5.41, 5.74) is 0.774. The van der Waals surface area contributed by atoms with Crippen molar-refractivity contribution in [3.8, 4) is 0 Å². The van der Waals surface area contributed by atoms with Crippen LogP contribution in [-0.4, -0.2) is 38.7 Å². The van der Waals surface area contributed by atoms with Crippen molar-refractivity contribution in [1.82, 2.24) is 14.4 Å². The second kappa shape index (κ2) is 7.09. The van der Waals surface area contributed by atoms with E-state index < -0.39 is 0 Å². The minimum atomic E-state index is -0.357. The van der Waals surface area contributed by atoms with E-state index in [9.17, 15) is 5.11 Å². The fourth-order valence-electron chi connectivity index (χ4n) is 2.04. The Labute approximate surface area is 119 Å². The van der Waals surface area contributed by atoms with Crippen LogP contribution in [0.15, 0.2) is 18.6 Å². The largest absolute Gasteiger partial charge is 0.391 e. The Bertz CT molecular complexity index is 539. The van der Waals surface area contributed by atoms with Crippen molar-refractivity contribution >= 4 is 17.3 Å². The van der Waals surface area contributed by atoms with Crippen LogP contribution < -0.4 is 10.6 Å². The molecule has 0 bridgehead atoms. The number of aliphatic hydroxyl groups excluding tert-OH is 1. The van der Waals surface area contributed by atoms with Crippen molar-refractivity contribution in [3.63, 3.8) is 0 Å². The summed E-state index contributed by atoms with van der Waals surface area (Å²) < 4.78 is 1.93. The van der Waals surface area contributed by atoms with E-state index in [2.05, 4.69) is 34.4 Å². The van der Waals surface area contributed by atoms with Gasteiger partial charge in [-0.25, -0.2) is 9.97 Å². The Morgan fingerprint density at radius 3 is 2.90 bits per heavy atom. The highest BCUT2D eigenvalue weighted by Gasteiger charge is 2.09. The molecule has 0 amide bonds. The topological polar surface area (TPSA) is 74.5 Å². The fourth-order valence-corrected chi connectivity index (χ4v) is 2.04. The van der Waals surface area contributed by atoms with Crippen molar-refractivity contribution in [3.05, 3.63) is 18.6 Å². The molecular weight excluding hydrogens is 254 g/mol. The molecule has 0 aliphatic carbocycles. The number of rotatable bonds is 8. The van der Waals surface area contributed by atoms with Crippen LogP contribution in [-0.2, 0) is 0 Å². The molecule has 1 unspecified atom stereocenters. The third kappa shape index (κ3) is 3.60. The molecule has 6 nitrogen and oxygen atoms in total. The molecule has 2 aromatic heterocycles. The first-order valence-corrected chi connectivity index (χ1v) is 7.24. The van der Waals surface area contributed by atoms with Gasteiger partial charge in [-0.15, -0.1) is 0 Å². The van der Waals surface area contributed by atoms with Crippen molar-refractivity contribution in [2.24, 2.45) is 0 Å². The first-order valence-electron chi connectivity index (χ1n) is 7.24. The zero-order chi connectivity index (χ0) is 14.4. The maximum absolute atomic E-state index is 9.81. The van der Waals surface area contributed by atoms with E-state index in [0.717, 1.165) is 37.3 Å². The molecule has 0 saturated heterocycles. The summed E-state index contributed by atoms with van der Waals surface area (Å²) in [6.07, 6.45) is 7.99. The summed E-state index contributed by atoms with van der Waals surface area (Å²) in [6, 6.07) is 0. The molecule has 110 valence electrons. The summed E-state index contributed by atoms with van der Waals surface area (Å²) in [7, 11) is 0. The van der Waals surface area contributed by atoms with Gasteiger partial charge in [0.2, 0.25) is 0 Å². The van der Waals surface area contributed by atoms with E-state index in [4.69, 9.17) is 0 Å². The quantitative estimate of drug-likeness (QED) is 0.689. The van der Waals surface area contributed by atoms with Gasteiger partial charge < -0.3 is 20.1 Å². The molecule has 2 heterocycles. The number of imidazole rings is 1.